The lowest BCUT2D eigenvalue weighted by Gasteiger charge is -2.41. The number of nitrogens with zero attached hydrogens (tertiary/aromatic N) is 2. The van der Waals surface area contributed by atoms with Gasteiger partial charge in [-0.25, -0.2) is 4.79 Å². The Labute approximate surface area is 158 Å². The number of rotatable bonds is 4. The Morgan fingerprint density at radius 2 is 2.20 bits per heavy atom. The number of likely N-dealkylation sites (N-methyl/N-ethyl adjacent to an activating group) is 1. The predicted molar refractivity (Wildman–Crippen MR) is 107 cm³/mol. The molecule has 1 unspecified atom stereocenters. The number of fused-ring (bicyclic) bond motifs is 1. The third-order valence-electron chi connectivity index (χ3n) is 4.75. The average Bonchev–Trinajstić information content (AvgIpc) is 2.60. The fourth-order valence-electron chi connectivity index (χ4n) is 3.39. The number of thiol groups is 1. The molecule has 0 bridgehead atoms. The summed E-state index contributed by atoms with van der Waals surface area (Å²) in [6, 6.07) is 7.34. The molecule has 3 rings (SSSR count). The van der Waals surface area contributed by atoms with Crippen molar-refractivity contribution in [1.29, 1.82) is 0 Å². The highest BCUT2D eigenvalue weighted by molar-refractivity contribution is 8.10. The minimum atomic E-state index is -0.348. The maximum atomic E-state index is 12.0. The van der Waals surface area contributed by atoms with Crippen molar-refractivity contribution in [3.05, 3.63) is 40.2 Å². The molecule has 0 radical (unpaired) electrons. The molecule has 1 saturated heterocycles. The van der Waals surface area contributed by atoms with E-state index < -0.39 is 0 Å². The maximum absolute atomic E-state index is 12.0. The Hall–Kier alpha value is -1.57. The molecule has 0 spiro atoms. The van der Waals surface area contributed by atoms with Crippen molar-refractivity contribution in [2.45, 2.75) is 19.4 Å². The highest BCUT2D eigenvalue weighted by atomic mass is 32.1. The Morgan fingerprint density at radius 1 is 1.40 bits per heavy atom. The van der Waals surface area contributed by atoms with Crippen LogP contribution >= 0.6 is 24.8 Å². The Kier molecular flexibility index (Phi) is 5.66. The first-order chi connectivity index (χ1) is 12.0. The van der Waals surface area contributed by atoms with Gasteiger partial charge in [0.15, 0.2) is 0 Å². The van der Waals surface area contributed by atoms with Gasteiger partial charge in [0.1, 0.15) is 15.7 Å². The zero-order chi connectivity index (χ0) is 18.0. The van der Waals surface area contributed by atoms with Gasteiger partial charge >= 0.3 is 5.63 Å². The first-order valence-electron chi connectivity index (χ1n) is 8.34. The van der Waals surface area contributed by atoms with Crippen LogP contribution in [0.2, 0.25) is 0 Å². The van der Waals surface area contributed by atoms with Crippen LogP contribution in [0.25, 0.3) is 11.0 Å². The summed E-state index contributed by atoms with van der Waals surface area (Å²) in [5.41, 5.74) is 1.16. The van der Waals surface area contributed by atoms with Gasteiger partial charge in [-0.2, -0.15) is 0 Å². The fourth-order valence-corrected chi connectivity index (χ4v) is 3.90. The van der Waals surface area contributed by atoms with Gasteiger partial charge in [-0.05, 0) is 30.7 Å². The van der Waals surface area contributed by atoms with E-state index in [-0.39, 0.29) is 11.7 Å². The lowest BCUT2D eigenvalue weighted by Crippen LogP contribution is -2.54. The van der Waals surface area contributed by atoms with E-state index in [1.807, 2.05) is 12.1 Å². The SMILES string of the molecule is CCN1CCN(C(=S)S)C(Cc2cc(=O)oc3cc(OC)ccc23)C1. The summed E-state index contributed by atoms with van der Waals surface area (Å²) in [4.78, 5) is 16.5. The molecule has 5 nitrogen and oxygen atoms in total. The van der Waals surface area contributed by atoms with E-state index in [0.717, 1.165) is 37.1 Å². The summed E-state index contributed by atoms with van der Waals surface area (Å²) < 4.78 is 11.2. The molecule has 1 aliphatic rings. The van der Waals surface area contributed by atoms with Crippen LogP contribution in [0.15, 0.2) is 33.5 Å². The Balaban J connectivity index is 1.97. The normalized spacial score (nSPS) is 18.5. The van der Waals surface area contributed by atoms with Crippen molar-refractivity contribution >= 4 is 40.1 Å². The quantitative estimate of drug-likeness (QED) is 0.501. The lowest BCUT2D eigenvalue weighted by molar-refractivity contribution is 0.136. The van der Waals surface area contributed by atoms with Gasteiger partial charge in [-0.15, -0.1) is 12.6 Å². The van der Waals surface area contributed by atoms with E-state index in [0.29, 0.717) is 22.1 Å². The van der Waals surface area contributed by atoms with Crippen LogP contribution in [0.1, 0.15) is 12.5 Å². The smallest absolute Gasteiger partial charge is 0.336 e. The van der Waals surface area contributed by atoms with Crippen molar-refractivity contribution in [1.82, 2.24) is 9.80 Å². The number of benzene rings is 1. The molecule has 1 aromatic carbocycles. The Morgan fingerprint density at radius 3 is 2.88 bits per heavy atom. The van der Waals surface area contributed by atoms with Crippen LogP contribution in [0, 0.1) is 0 Å². The zero-order valence-electron chi connectivity index (χ0n) is 14.4. The van der Waals surface area contributed by atoms with Gasteiger partial charge in [0, 0.05) is 43.2 Å². The second-order valence-electron chi connectivity index (χ2n) is 6.18. The highest BCUT2D eigenvalue weighted by Crippen LogP contribution is 2.25. The summed E-state index contributed by atoms with van der Waals surface area (Å²) in [6.07, 6.45) is 0.714. The second kappa shape index (κ2) is 7.76. The van der Waals surface area contributed by atoms with Crippen molar-refractivity contribution in [2.75, 3.05) is 33.3 Å². The Bertz CT molecular complexity index is 837. The number of hydrogen-bond donors (Lipinski definition) is 1. The van der Waals surface area contributed by atoms with Crippen LogP contribution in [0.3, 0.4) is 0 Å². The van der Waals surface area contributed by atoms with E-state index in [4.69, 9.17) is 21.4 Å². The molecule has 0 amide bonds. The standard InChI is InChI=1S/C18H22N2O3S2/c1-3-19-6-7-20(18(24)25)13(11-19)8-12-9-17(21)23-16-10-14(22-2)4-5-15(12)16/h4-5,9-10,13H,3,6-8,11H2,1-2H3,(H,24,25). The van der Waals surface area contributed by atoms with Crippen molar-refractivity contribution in [2.24, 2.45) is 0 Å². The van der Waals surface area contributed by atoms with E-state index in [1.54, 1.807) is 19.2 Å². The molecule has 0 aliphatic carbocycles. The van der Waals surface area contributed by atoms with Crippen molar-refractivity contribution in [3.63, 3.8) is 0 Å². The van der Waals surface area contributed by atoms with Gasteiger partial charge in [0.2, 0.25) is 0 Å². The van der Waals surface area contributed by atoms with Crippen LogP contribution in [0.5, 0.6) is 5.75 Å². The molecule has 1 aromatic heterocycles. The van der Waals surface area contributed by atoms with Crippen LogP contribution in [-0.2, 0) is 6.42 Å². The van der Waals surface area contributed by atoms with Gasteiger partial charge < -0.3 is 14.1 Å². The minimum Gasteiger partial charge on any atom is -0.497 e. The molecular weight excluding hydrogens is 356 g/mol. The minimum absolute atomic E-state index is 0.186. The first kappa shape index (κ1) is 18.2. The topological polar surface area (TPSA) is 45.9 Å². The molecule has 1 fully saturated rings. The largest absolute Gasteiger partial charge is 0.497 e. The molecule has 134 valence electrons. The van der Waals surface area contributed by atoms with Crippen LogP contribution < -0.4 is 10.4 Å². The van der Waals surface area contributed by atoms with Crippen LogP contribution in [0.4, 0.5) is 0 Å². The van der Waals surface area contributed by atoms with Crippen LogP contribution in [-0.4, -0.2) is 53.5 Å². The molecule has 0 saturated carbocycles. The molecule has 2 aromatic rings. The predicted octanol–water partition coefficient (Wildman–Crippen LogP) is 2.56. The number of ether oxygens (including phenoxy) is 1. The molecule has 0 N–H and O–H groups in total. The summed E-state index contributed by atoms with van der Waals surface area (Å²) in [6.45, 7) is 5.88. The van der Waals surface area contributed by atoms with Crippen molar-refractivity contribution in [3.8, 4) is 5.75 Å². The maximum Gasteiger partial charge on any atom is 0.336 e. The summed E-state index contributed by atoms with van der Waals surface area (Å²) in [5.74, 6) is 0.667. The third kappa shape index (κ3) is 3.99. The first-order valence-corrected chi connectivity index (χ1v) is 9.20. The number of thiocarbonyl (C=S) groups is 1. The number of hydrogen-bond acceptors (Lipinski definition) is 5. The lowest BCUT2D eigenvalue weighted by atomic mass is 9.99. The third-order valence-corrected chi connectivity index (χ3v) is 5.24. The van der Waals surface area contributed by atoms with Gasteiger partial charge in [-0.3, -0.25) is 4.90 Å². The monoisotopic (exact) mass is 378 g/mol. The van der Waals surface area contributed by atoms with Gasteiger partial charge in [0.05, 0.1) is 7.11 Å². The summed E-state index contributed by atoms with van der Waals surface area (Å²) >= 11 is 9.70. The van der Waals surface area contributed by atoms with E-state index >= 15 is 0 Å². The zero-order valence-corrected chi connectivity index (χ0v) is 16.1. The second-order valence-corrected chi connectivity index (χ2v) is 7.29. The van der Waals surface area contributed by atoms with Gasteiger partial charge in [0.25, 0.3) is 0 Å². The summed E-state index contributed by atoms with van der Waals surface area (Å²) in [5, 5.41) is 0.930. The van der Waals surface area contributed by atoms with Gasteiger partial charge in [-0.1, -0.05) is 19.1 Å². The highest BCUT2D eigenvalue weighted by Gasteiger charge is 2.27. The molecule has 2 heterocycles. The van der Waals surface area contributed by atoms with E-state index in [1.165, 1.54) is 0 Å². The summed E-state index contributed by atoms with van der Waals surface area (Å²) in [7, 11) is 1.59. The number of methoxy groups -OCH3 is 1. The molecule has 1 aliphatic heterocycles. The molecule has 25 heavy (non-hydrogen) atoms. The average molecular weight is 379 g/mol. The molecule has 1 atom stereocenters. The molecular formula is C18H22N2O3S2. The van der Waals surface area contributed by atoms with E-state index in [9.17, 15) is 4.79 Å². The van der Waals surface area contributed by atoms with Crippen molar-refractivity contribution < 1.29 is 9.15 Å². The fraction of sp³-hybridized carbons (Fsp3) is 0.444. The molecule has 7 heteroatoms. The van der Waals surface area contributed by atoms with E-state index in [2.05, 4.69) is 29.4 Å². The number of piperazine rings is 1.